The van der Waals surface area contributed by atoms with E-state index in [1.54, 1.807) is 24.7 Å². The third-order valence-corrected chi connectivity index (χ3v) is 7.12. The van der Waals surface area contributed by atoms with Crippen LogP contribution in [0.3, 0.4) is 0 Å². The van der Waals surface area contributed by atoms with Gasteiger partial charge in [0.2, 0.25) is 5.91 Å². The van der Waals surface area contributed by atoms with E-state index in [1.807, 2.05) is 16.5 Å². The second kappa shape index (κ2) is 11.0. The van der Waals surface area contributed by atoms with Crippen LogP contribution in [0, 0.1) is 5.82 Å². The molecule has 8 nitrogen and oxygen atoms in total. The molecule has 0 spiro atoms. The van der Waals surface area contributed by atoms with E-state index in [1.165, 1.54) is 39.5 Å². The van der Waals surface area contributed by atoms with Crippen molar-refractivity contribution < 1.29 is 23.4 Å². The average molecular weight is 581 g/mol. The quantitative estimate of drug-likeness (QED) is 0.195. The summed E-state index contributed by atoms with van der Waals surface area (Å²) in [5, 5.41) is 3.93. The van der Waals surface area contributed by atoms with Crippen LogP contribution in [0.2, 0.25) is 10.0 Å². The smallest absolute Gasteiger partial charge is 0.228 e. The summed E-state index contributed by atoms with van der Waals surface area (Å²) in [6.45, 7) is 3.54. The summed E-state index contributed by atoms with van der Waals surface area (Å²) in [6.07, 6.45) is 6.61. The summed E-state index contributed by atoms with van der Waals surface area (Å²) in [5.41, 5.74) is 3.46. The Hall–Kier alpha value is -4.34. The fourth-order valence-electron chi connectivity index (χ4n) is 4.50. The highest BCUT2D eigenvalue weighted by Crippen LogP contribution is 2.47. The maximum Gasteiger partial charge on any atom is 0.228 e. The van der Waals surface area contributed by atoms with Gasteiger partial charge in [0.1, 0.15) is 28.7 Å². The Morgan fingerprint density at radius 1 is 1.00 bits per heavy atom. The van der Waals surface area contributed by atoms with E-state index in [2.05, 4.69) is 21.9 Å². The van der Waals surface area contributed by atoms with E-state index in [9.17, 15) is 9.18 Å². The zero-order chi connectivity index (χ0) is 28.6. The summed E-state index contributed by atoms with van der Waals surface area (Å²) in [4.78, 5) is 21.3. The third kappa shape index (κ3) is 4.67. The lowest BCUT2D eigenvalue weighted by Crippen LogP contribution is -2.11. The number of amides is 1. The first-order valence-electron chi connectivity index (χ1n) is 12.0. The van der Waals surface area contributed by atoms with Crippen LogP contribution in [-0.4, -0.2) is 41.6 Å². The Morgan fingerprint density at radius 3 is 2.35 bits per heavy atom. The topological polar surface area (TPSA) is 87.0 Å². The van der Waals surface area contributed by atoms with Gasteiger partial charge in [0.05, 0.1) is 48.3 Å². The number of carbonyl (C=O) groups is 1. The summed E-state index contributed by atoms with van der Waals surface area (Å²) >= 11 is 13.4. The summed E-state index contributed by atoms with van der Waals surface area (Å²) in [6, 6.07) is 8.03. The van der Waals surface area contributed by atoms with Crippen molar-refractivity contribution in [1.82, 2.24) is 14.4 Å². The predicted molar refractivity (Wildman–Crippen MR) is 154 cm³/mol. The van der Waals surface area contributed by atoms with Gasteiger partial charge >= 0.3 is 0 Å². The van der Waals surface area contributed by atoms with Crippen LogP contribution in [-0.2, 0) is 4.79 Å². The van der Waals surface area contributed by atoms with Crippen LogP contribution < -0.4 is 19.5 Å². The summed E-state index contributed by atoms with van der Waals surface area (Å²) in [5.74, 6) is 0.0244. The zero-order valence-electron chi connectivity index (χ0n) is 21.7. The van der Waals surface area contributed by atoms with E-state index < -0.39 is 11.7 Å². The van der Waals surface area contributed by atoms with Crippen molar-refractivity contribution in [1.29, 1.82) is 0 Å². The number of aromatic nitrogens is 3. The molecular weight excluding hydrogens is 558 g/mol. The monoisotopic (exact) mass is 580 g/mol. The van der Waals surface area contributed by atoms with E-state index in [0.29, 0.717) is 49.6 Å². The average Bonchev–Trinajstić information content (AvgIpc) is 3.45. The first-order valence-corrected chi connectivity index (χ1v) is 12.7. The Morgan fingerprint density at radius 2 is 1.70 bits per heavy atom. The Bertz CT molecular complexity index is 1780. The van der Waals surface area contributed by atoms with Gasteiger partial charge in [-0.05, 0) is 18.2 Å². The SMILES string of the molecule is C=CCC(=O)Nc1cc(-c2cc3c(cn2)cc(-c2c(Cl)c(OC)cc(OC)c2Cl)c2nccn23)c(OC)cc1F. The number of rotatable bonds is 8. The number of pyridine rings is 2. The minimum Gasteiger partial charge on any atom is -0.496 e. The second-order valence-corrected chi connectivity index (χ2v) is 9.42. The molecule has 0 unspecified atom stereocenters. The van der Waals surface area contributed by atoms with Crippen molar-refractivity contribution in [3.63, 3.8) is 0 Å². The molecule has 204 valence electrons. The number of hydrogen-bond acceptors (Lipinski definition) is 6. The molecule has 3 heterocycles. The number of benzene rings is 2. The van der Waals surface area contributed by atoms with Gasteiger partial charge in [-0.25, -0.2) is 9.37 Å². The minimum absolute atomic E-state index is 0.00364. The number of nitrogens with zero attached hydrogens (tertiary/aromatic N) is 3. The van der Waals surface area contributed by atoms with Gasteiger partial charge in [-0.1, -0.05) is 29.3 Å². The highest BCUT2D eigenvalue weighted by Gasteiger charge is 2.23. The molecule has 1 amide bonds. The van der Waals surface area contributed by atoms with Crippen LogP contribution in [0.15, 0.2) is 61.6 Å². The number of anilines is 1. The van der Waals surface area contributed by atoms with Gasteiger partial charge in [0.25, 0.3) is 0 Å². The number of ether oxygens (including phenoxy) is 3. The molecule has 0 fully saturated rings. The maximum atomic E-state index is 14.7. The standard InChI is InChI=1S/C29H23Cl2FN4O4/c1-5-6-25(37)35-20-10-16(22(38-2)11-18(20)32)19-12-21-15(14-34-19)9-17(29-33-7-8-36(21)29)26-27(30)23(39-3)13-24(40-4)28(26)31/h5,7-14H,1,6H2,2-4H3,(H,35,37). The van der Waals surface area contributed by atoms with E-state index >= 15 is 0 Å². The molecule has 11 heteroatoms. The first kappa shape index (κ1) is 27.2. The Labute approximate surface area is 238 Å². The molecule has 0 saturated carbocycles. The molecule has 0 aliphatic carbocycles. The largest absolute Gasteiger partial charge is 0.496 e. The normalized spacial score (nSPS) is 11.1. The van der Waals surface area contributed by atoms with Gasteiger partial charge in [-0.3, -0.25) is 14.2 Å². The van der Waals surface area contributed by atoms with Gasteiger partial charge in [0, 0.05) is 59.2 Å². The fourth-order valence-corrected chi connectivity index (χ4v) is 5.20. The minimum atomic E-state index is -0.636. The van der Waals surface area contributed by atoms with Crippen LogP contribution in [0.4, 0.5) is 10.1 Å². The number of nitrogens with one attached hydrogen (secondary N) is 1. The number of fused-ring (bicyclic) bond motifs is 3. The van der Waals surface area contributed by atoms with Gasteiger partial charge in [-0.2, -0.15) is 0 Å². The maximum absolute atomic E-state index is 14.7. The molecule has 2 aromatic carbocycles. The third-order valence-electron chi connectivity index (χ3n) is 6.36. The summed E-state index contributed by atoms with van der Waals surface area (Å²) < 4.78 is 32.9. The van der Waals surface area contributed by atoms with Gasteiger partial charge in [-0.15, -0.1) is 6.58 Å². The molecule has 5 aromatic rings. The molecule has 40 heavy (non-hydrogen) atoms. The molecule has 0 aliphatic heterocycles. The van der Waals surface area contributed by atoms with Crippen LogP contribution in [0.5, 0.6) is 17.2 Å². The Balaban J connectivity index is 1.71. The van der Waals surface area contributed by atoms with E-state index in [0.717, 1.165) is 10.9 Å². The fraction of sp³-hybridized carbons (Fsp3) is 0.138. The summed E-state index contributed by atoms with van der Waals surface area (Å²) in [7, 11) is 4.45. The lowest BCUT2D eigenvalue weighted by atomic mass is 10.0. The lowest BCUT2D eigenvalue weighted by molar-refractivity contribution is -0.115. The molecule has 0 bridgehead atoms. The molecule has 0 atom stereocenters. The highest BCUT2D eigenvalue weighted by atomic mass is 35.5. The molecule has 1 N–H and O–H groups in total. The molecule has 0 aliphatic rings. The van der Waals surface area contributed by atoms with E-state index in [4.69, 9.17) is 37.4 Å². The lowest BCUT2D eigenvalue weighted by Gasteiger charge is -2.17. The number of carbonyl (C=O) groups excluding carboxylic acids is 1. The van der Waals surface area contributed by atoms with E-state index in [-0.39, 0.29) is 17.9 Å². The molecule has 5 rings (SSSR count). The van der Waals surface area contributed by atoms with Gasteiger partial charge in [0.15, 0.2) is 0 Å². The second-order valence-electron chi connectivity index (χ2n) is 8.66. The highest BCUT2D eigenvalue weighted by molar-refractivity contribution is 6.41. The van der Waals surface area contributed by atoms with Crippen molar-refractivity contribution >= 4 is 51.3 Å². The van der Waals surface area contributed by atoms with Crippen LogP contribution >= 0.6 is 23.2 Å². The number of halogens is 3. The number of imidazole rings is 1. The van der Waals surface area contributed by atoms with Crippen LogP contribution in [0.25, 0.3) is 38.9 Å². The zero-order valence-corrected chi connectivity index (χ0v) is 23.2. The number of methoxy groups -OCH3 is 3. The first-order chi connectivity index (χ1) is 19.3. The molecule has 3 aromatic heterocycles. The van der Waals surface area contributed by atoms with Crippen molar-refractivity contribution in [2.45, 2.75) is 6.42 Å². The van der Waals surface area contributed by atoms with Crippen molar-refractivity contribution in [3.05, 3.63) is 77.4 Å². The predicted octanol–water partition coefficient (Wildman–Crippen LogP) is 7.20. The molecular formula is C29H23Cl2FN4O4. The Kier molecular flexibility index (Phi) is 7.51. The van der Waals surface area contributed by atoms with Gasteiger partial charge < -0.3 is 19.5 Å². The van der Waals surface area contributed by atoms with Crippen molar-refractivity contribution in [2.24, 2.45) is 0 Å². The van der Waals surface area contributed by atoms with Crippen LogP contribution in [0.1, 0.15) is 6.42 Å². The number of hydrogen-bond donors (Lipinski definition) is 1. The van der Waals surface area contributed by atoms with Crippen molar-refractivity contribution in [2.75, 3.05) is 26.6 Å². The molecule has 0 saturated heterocycles. The molecule has 0 radical (unpaired) electrons. The van der Waals surface area contributed by atoms with Crippen molar-refractivity contribution in [3.8, 4) is 39.6 Å².